The zero-order valence-electron chi connectivity index (χ0n) is 9.07. The number of likely N-dealkylation sites (N-methyl/N-ethyl adjacent to an activating group) is 1. The number of amides is 1. The summed E-state index contributed by atoms with van der Waals surface area (Å²) in [5, 5.41) is 0. The molecule has 1 aliphatic heterocycles. The van der Waals surface area contributed by atoms with Crippen LogP contribution >= 0.6 is 0 Å². The van der Waals surface area contributed by atoms with Crippen molar-refractivity contribution in [3.05, 3.63) is 29.3 Å². The molecule has 0 N–H and O–H groups in total. The van der Waals surface area contributed by atoms with Gasteiger partial charge in [0.2, 0.25) is 5.91 Å². The molecule has 3 heteroatoms. The smallest absolute Gasteiger partial charge is 0.234 e. The lowest BCUT2D eigenvalue weighted by atomic mass is 9.99. The van der Waals surface area contributed by atoms with Gasteiger partial charge < -0.3 is 4.90 Å². The minimum Gasteiger partial charge on any atom is -0.315 e. The Labute approximate surface area is 88.7 Å². The van der Waals surface area contributed by atoms with E-state index in [2.05, 4.69) is 0 Å². The van der Waals surface area contributed by atoms with Gasteiger partial charge in [-0.1, -0.05) is 0 Å². The largest absolute Gasteiger partial charge is 0.315 e. The molecule has 0 saturated heterocycles. The van der Waals surface area contributed by atoms with Crippen molar-refractivity contribution in [2.75, 3.05) is 11.9 Å². The molecule has 78 valence electrons. The van der Waals surface area contributed by atoms with Gasteiger partial charge in [0, 0.05) is 18.3 Å². The molecule has 2 rings (SSSR count). The molecule has 0 unspecified atom stereocenters. The molecule has 1 aliphatic rings. The van der Waals surface area contributed by atoms with E-state index in [9.17, 15) is 9.59 Å². The Morgan fingerprint density at radius 2 is 2.07 bits per heavy atom. The van der Waals surface area contributed by atoms with Gasteiger partial charge in [0.25, 0.3) is 0 Å². The molecular weight excluding hydrogens is 190 g/mol. The van der Waals surface area contributed by atoms with Gasteiger partial charge in [-0.2, -0.15) is 0 Å². The van der Waals surface area contributed by atoms with E-state index in [0.29, 0.717) is 5.56 Å². The Bertz CT molecular complexity index is 451. The van der Waals surface area contributed by atoms with Gasteiger partial charge in [-0.3, -0.25) is 9.59 Å². The first-order valence-electron chi connectivity index (χ1n) is 4.95. The lowest BCUT2D eigenvalue weighted by molar-refractivity contribution is -0.118. The first-order valence-corrected chi connectivity index (χ1v) is 4.95. The van der Waals surface area contributed by atoms with Crippen molar-refractivity contribution in [1.29, 1.82) is 0 Å². The molecule has 0 radical (unpaired) electrons. The van der Waals surface area contributed by atoms with E-state index in [1.165, 1.54) is 6.92 Å². The van der Waals surface area contributed by atoms with Crippen molar-refractivity contribution in [3.63, 3.8) is 0 Å². The number of anilines is 1. The van der Waals surface area contributed by atoms with E-state index in [4.69, 9.17) is 0 Å². The average molecular weight is 203 g/mol. The molecule has 0 spiro atoms. The van der Waals surface area contributed by atoms with Gasteiger partial charge in [0.1, 0.15) is 0 Å². The van der Waals surface area contributed by atoms with Gasteiger partial charge in [-0.15, -0.1) is 0 Å². The molecule has 1 heterocycles. The fraction of sp³-hybridized carbons (Fsp3) is 0.333. The molecule has 1 aromatic rings. The number of rotatable bonds is 1. The summed E-state index contributed by atoms with van der Waals surface area (Å²) in [7, 11) is 1.76. The SMILES string of the molecule is CC(=O)c1ccc2c(c1)[C@@H](C)C(=O)N2C. The van der Waals surface area contributed by atoms with E-state index in [-0.39, 0.29) is 17.6 Å². The van der Waals surface area contributed by atoms with Crippen molar-refractivity contribution < 1.29 is 9.59 Å². The number of carbonyl (C=O) groups is 2. The average Bonchev–Trinajstić information content (AvgIpc) is 2.44. The number of carbonyl (C=O) groups excluding carboxylic acids is 2. The Morgan fingerprint density at radius 3 is 2.67 bits per heavy atom. The zero-order chi connectivity index (χ0) is 11.2. The predicted octanol–water partition coefficient (Wildman–Crippen LogP) is 1.97. The summed E-state index contributed by atoms with van der Waals surface area (Å²) < 4.78 is 0. The van der Waals surface area contributed by atoms with E-state index < -0.39 is 0 Å². The van der Waals surface area contributed by atoms with Crippen molar-refractivity contribution in [3.8, 4) is 0 Å². The Morgan fingerprint density at radius 1 is 1.40 bits per heavy atom. The predicted molar refractivity (Wildman–Crippen MR) is 58.3 cm³/mol. The lowest BCUT2D eigenvalue weighted by Gasteiger charge is -2.09. The molecule has 0 aliphatic carbocycles. The van der Waals surface area contributed by atoms with Gasteiger partial charge in [-0.05, 0) is 37.6 Å². The first-order chi connectivity index (χ1) is 7.02. The second-order valence-corrected chi connectivity index (χ2v) is 3.95. The van der Waals surface area contributed by atoms with Crippen LogP contribution in [0.5, 0.6) is 0 Å². The fourth-order valence-corrected chi connectivity index (χ4v) is 1.97. The second kappa shape index (κ2) is 3.19. The monoisotopic (exact) mass is 203 g/mol. The Hall–Kier alpha value is -1.64. The molecule has 0 bridgehead atoms. The number of fused-ring (bicyclic) bond motifs is 1. The minimum atomic E-state index is -0.135. The zero-order valence-corrected chi connectivity index (χ0v) is 9.07. The second-order valence-electron chi connectivity index (χ2n) is 3.95. The van der Waals surface area contributed by atoms with Gasteiger partial charge in [0.05, 0.1) is 5.92 Å². The number of ketones is 1. The van der Waals surface area contributed by atoms with Crippen LogP contribution in [-0.4, -0.2) is 18.7 Å². The number of hydrogen-bond donors (Lipinski definition) is 0. The molecular formula is C12H13NO2. The van der Waals surface area contributed by atoms with E-state index in [1.54, 1.807) is 18.0 Å². The van der Waals surface area contributed by atoms with Gasteiger partial charge in [0.15, 0.2) is 5.78 Å². The Balaban J connectivity index is 2.56. The topological polar surface area (TPSA) is 37.4 Å². The molecule has 0 fully saturated rings. The number of benzene rings is 1. The summed E-state index contributed by atoms with van der Waals surface area (Å²) in [6, 6.07) is 5.43. The summed E-state index contributed by atoms with van der Waals surface area (Å²) in [6.45, 7) is 3.40. The molecule has 0 aromatic heterocycles. The summed E-state index contributed by atoms with van der Waals surface area (Å²) in [5.41, 5.74) is 2.54. The van der Waals surface area contributed by atoms with Crippen LogP contribution in [0.25, 0.3) is 0 Å². The normalized spacial score (nSPS) is 19.3. The third-order valence-electron chi connectivity index (χ3n) is 2.96. The Kier molecular flexibility index (Phi) is 2.11. The summed E-state index contributed by atoms with van der Waals surface area (Å²) in [5.74, 6) is -0.0120. The van der Waals surface area contributed by atoms with Crippen molar-refractivity contribution in [2.24, 2.45) is 0 Å². The van der Waals surface area contributed by atoms with Crippen LogP contribution in [0.1, 0.15) is 35.7 Å². The van der Waals surface area contributed by atoms with Crippen molar-refractivity contribution in [2.45, 2.75) is 19.8 Å². The lowest BCUT2D eigenvalue weighted by Crippen LogP contribution is -2.22. The van der Waals surface area contributed by atoms with Crippen LogP contribution in [0.2, 0.25) is 0 Å². The summed E-state index contributed by atoms with van der Waals surface area (Å²) in [6.07, 6.45) is 0. The van der Waals surface area contributed by atoms with Gasteiger partial charge in [-0.25, -0.2) is 0 Å². The molecule has 0 saturated carbocycles. The van der Waals surface area contributed by atoms with Crippen molar-refractivity contribution >= 4 is 17.4 Å². The number of Topliss-reactive ketones (excluding diaryl/α,β-unsaturated/α-hetero) is 1. The van der Waals surface area contributed by atoms with Crippen LogP contribution in [0.3, 0.4) is 0 Å². The quantitative estimate of drug-likeness (QED) is 0.654. The van der Waals surface area contributed by atoms with Crippen LogP contribution < -0.4 is 4.90 Å². The maximum Gasteiger partial charge on any atom is 0.234 e. The molecule has 15 heavy (non-hydrogen) atoms. The highest BCUT2D eigenvalue weighted by atomic mass is 16.2. The molecule has 3 nitrogen and oxygen atoms in total. The number of hydrogen-bond acceptors (Lipinski definition) is 2. The van der Waals surface area contributed by atoms with E-state index in [0.717, 1.165) is 11.3 Å². The maximum absolute atomic E-state index is 11.7. The van der Waals surface area contributed by atoms with Crippen LogP contribution in [-0.2, 0) is 4.79 Å². The number of nitrogens with zero attached hydrogens (tertiary/aromatic N) is 1. The van der Waals surface area contributed by atoms with Crippen molar-refractivity contribution in [1.82, 2.24) is 0 Å². The fourth-order valence-electron chi connectivity index (χ4n) is 1.97. The van der Waals surface area contributed by atoms with E-state index >= 15 is 0 Å². The first kappa shape index (κ1) is 9.90. The van der Waals surface area contributed by atoms with Crippen LogP contribution in [0.15, 0.2) is 18.2 Å². The minimum absolute atomic E-state index is 0.0343. The molecule has 1 atom stereocenters. The van der Waals surface area contributed by atoms with Gasteiger partial charge >= 0.3 is 0 Å². The van der Waals surface area contributed by atoms with Crippen LogP contribution in [0, 0.1) is 0 Å². The summed E-state index contributed by atoms with van der Waals surface area (Å²) in [4.78, 5) is 24.5. The third kappa shape index (κ3) is 1.35. The summed E-state index contributed by atoms with van der Waals surface area (Å²) >= 11 is 0. The van der Waals surface area contributed by atoms with Crippen LogP contribution in [0.4, 0.5) is 5.69 Å². The van der Waals surface area contributed by atoms with E-state index in [1.807, 2.05) is 19.1 Å². The standard InChI is InChI=1S/C12H13NO2/c1-7-10-6-9(8(2)14)4-5-11(10)13(3)12(7)15/h4-7H,1-3H3/t7-/m1/s1. The highest BCUT2D eigenvalue weighted by Gasteiger charge is 2.31. The molecule has 1 amide bonds. The highest BCUT2D eigenvalue weighted by molar-refractivity contribution is 6.05. The highest BCUT2D eigenvalue weighted by Crippen LogP contribution is 2.36. The maximum atomic E-state index is 11.7. The molecule has 1 aromatic carbocycles. The third-order valence-corrected chi connectivity index (χ3v) is 2.96.